The van der Waals surface area contributed by atoms with Gasteiger partial charge < -0.3 is 34.3 Å². The number of carbonyl (C=O) groups excluding carboxylic acids is 4. The maximum absolute atomic E-state index is 11.2. The smallest absolute Gasteiger partial charge is 0.333 e. The van der Waals surface area contributed by atoms with E-state index in [9.17, 15) is 24.3 Å². The highest BCUT2D eigenvalue weighted by Gasteiger charge is 2.10. The number of aliphatic hydroxyl groups excluding tert-OH is 3. The maximum atomic E-state index is 11.2. The Kier molecular flexibility index (Phi) is 11.3. The van der Waals surface area contributed by atoms with Gasteiger partial charge in [-0.05, 0) is 0 Å². The van der Waals surface area contributed by atoms with E-state index in [0.29, 0.717) is 24.3 Å². The molecule has 0 aromatic carbocycles. The highest BCUT2D eigenvalue weighted by Crippen LogP contribution is 1.93. The molecular formula is C13H16O11. The Labute approximate surface area is 135 Å². The first-order chi connectivity index (χ1) is 11.4. The van der Waals surface area contributed by atoms with Crippen LogP contribution in [0.5, 0.6) is 0 Å². The normalized spacial score (nSPS) is 12.0. The second kappa shape index (κ2) is 12.8. The van der Waals surface area contributed by atoms with Crippen LogP contribution in [-0.4, -0.2) is 72.1 Å². The van der Waals surface area contributed by atoms with Gasteiger partial charge in [0.1, 0.15) is 19.3 Å². The van der Waals surface area contributed by atoms with Crippen LogP contribution in [0.2, 0.25) is 0 Å². The van der Waals surface area contributed by atoms with Gasteiger partial charge in [-0.1, -0.05) is 0 Å². The lowest BCUT2D eigenvalue weighted by atomic mass is 10.4. The molecule has 24 heavy (non-hydrogen) atoms. The topological polar surface area (TPSA) is 166 Å². The van der Waals surface area contributed by atoms with E-state index in [2.05, 4.69) is 18.9 Å². The lowest BCUT2D eigenvalue weighted by Gasteiger charge is -2.10. The van der Waals surface area contributed by atoms with E-state index in [4.69, 9.17) is 10.2 Å². The van der Waals surface area contributed by atoms with E-state index in [1.54, 1.807) is 0 Å². The Balaban J connectivity index is 3.99. The minimum Gasteiger partial charge on any atom is -0.460 e. The third-order valence-electron chi connectivity index (χ3n) is 1.96. The molecule has 134 valence electrons. The van der Waals surface area contributed by atoms with E-state index in [1.807, 2.05) is 0 Å². The predicted molar refractivity (Wildman–Crippen MR) is 72.6 cm³/mol. The van der Waals surface area contributed by atoms with Crippen molar-refractivity contribution in [2.75, 3.05) is 26.8 Å². The SMILES string of the molecule is O=C(C=CC(=O)OCC(O)COC(=O)C=CC(=O)OCO)OCO. The lowest BCUT2D eigenvalue weighted by Crippen LogP contribution is -2.24. The second-order valence-electron chi connectivity index (χ2n) is 3.77. The molecule has 0 amide bonds. The monoisotopic (exact) mass is 348 g/mol. The molecule has 0 radical (unpaired) electrons. The van der Waals surface area contributed by atoms with Crippen molar-refractivity contribution in [3.05, 3.63) is 24.3 Å². The van der Waals surface area contributed by atoms with Gasteiger partial charge in [0, 0.05) is 24.3 Å². The number of esters is 4. The van der Waals surface area contributed by atoms with Crippen LogP contribution in [0, 0.1) is 0 Å². The van der Waals surface area contributed by atoms with E-state index < -0.39 is 56.8 Å². The molecule has 0 spiro atoms. The first-order valence-corrected chi connectivity index (χ1v) is 6.32. The van der Waals surface area contributed by atoms with Gasteiger partial charge >= 0.3 is 23.9 Å². The standard InChI is InChI=1S/C13H16O11/c14-7-23-12(19)3-1-10(17)21-5-9(16)6-22-11(18)2-4-13(20)24-8-15/h1-4,9,14-16H,5-8H2. The van der Waals surface area contributed by atoms with Crippen molar-refractivity contribution in [1.29, 1.82) is 0 Å². The number of hydrogen-bond acceptors (Lipinski definition) is 11. The zero-order valence-corrected chi connectivity index (χ0v) is 12.3. The van der Waals surface area contributed by atoms with Crippen molar-refractivity contribution in [2.45, 2.75) is 6.10 Å². The largest absolute Gasteiger partial charge is 0.460 e. The fourth-order valence-corrected chi connectivity index (χ4v) is 0.997. The molecule has 0 aromatic heterocycles. The zero-order valence-electron chi connectivity index (χ0n) is 12.3. The van der Waals surface area contributed by atoms with E-state index >= 15 is 0 Å². The van der Waals surface area contributed by atoms with Crippen LogP contribution in [0.25, 0.3) is 0 Å². The van der Waals surface area contributed by atoms with Crippen molar-refractivity contribution >= 4 is 23.9 Å². The first kappa shape index (κ1) is 21.2. The van der Waals surface area contributed by atoms with Crippen molar-refractivity contribution in [3.63, 3.8) is 0 Å². The molecule has 0 heterocycles. The maximum Gasteiger partial charge on any atom is 0.333 e. The van der Waals surface area contributed by atoms with Gasteiger partial charge in [0.15, 0.2) is 13.6 Å². The summed E-state index contributed by atoms with van der Waals surface area (Å²) in [6.07, 6.45) is 1.51. The Morgan fingerprint density at radius 1 is 0.667 bits per heavy atom. The van der Waals surface area contributed by atoms with Crippen LogP contribution < -0.4 is 0 Å². The van der Waals surface area contributed by atoms with Gasteiger partial charge in [0.05, 0.1) is 0 Å². The minimum atomic E-state index is -1.34. The molecule has 0 aliphatic carbocycles. The summed E-state index contributed by atoms with van der Waals surface area (Å²) in [6, 6.07) is 0. The molecule has 3 N–H and O–H groups in total. The summed E-state index contributed by atoms with van der Waals surface area (Å²) in [5.74, 6) is -3.87. The minimum absolute atomic E-state index is 0.526. The quantitative estimate of drug-likeness (QED) is 0.166. The Hall–Kier alpha value is -2.76. The van der Waals surface area contributed by atoms with Gasteiger partial charge in [-0.25, -0.2) is 19.2 Å². The molecule has 11 heteroatoms. The van der Waals surface area contributed by atoms with Crippen molar-refractivity contribution < 1.29 is 53.4 Å². The number of aliphatic hydroxyl groups is 3. The van der Waals surface area contributed by atoms with Crippen LogP contribution in [0.4, 0.5) is 0 Å². The number of ether oxygens (including phenoxy) is 4. The van der Waals surface area contributed by atoms with Gasteiger partial charge in [-0.3, -0.25) is 0 Å². The van der Waals surface area contributed by atoms with Crippen LogP contribution in [-0.2, 0) is 38.1 Å². The first-order valence-electron chi connectivity index (χ1n) is 6.32. The lowest BCUT2D eigenvalue weighted by molar-refractivity contribution is -0.149. The Morgan fingerprint density at radius 3 is 1.25 bits per heavy atom. The van der Waals surface area contributed by atoms with Crippen molar-refractivity contribution in [2.24, 2.45) is 0 Å². The molecule has 0 fully saturated rings. The summed E-state index contributed by atoms with van der Waals surface area (Å²) in [7, 11) is 0. The molecular weight excluding hydrogens is 332 g/mol. The third-order valence-corrected chi connectivity index (χ3v) is 1.96. The molecule has 0 saturated heterocycles. The molecule has 0 aliphatic heterocycles. The molecule has 0 atom stereocenters. The average Bonchev–Trinajstić information content (AvgIpc) is 2.54. The molecule has 0 aliphatic rings. The summed E-state index contributed by atoms with van der Waals surface area (Å²) in [5, 5.41) is 26.0. The molecule has 0 unspecified atom stereocenters. The zero-order chi connectivity index (χ0) is 18.4. The second-order valence-corrected chi connectivity index (χ2v) is 3.77. The average molecular weight is 348 g/mol. The van der Waals surface area contributed by atoms with E-state index in [0.717, 1.165) is 0 Å². The van der Waals surface area contributed by atoms with E-state index in [1.165, 1.54) is 0 Å². The summed E-state index contributed by atoms with van der Waals surface area (Å²) in [4.78, 5) is 43.9. The fourth-order valence-electron chi connectivity index (χ4n) is 0.997. The van der Waals surface area contributed by atoms with Gasteiger partial charge in [0.25, 0.3) is 0 Å². The van der Waals surface area contributed by atoms with E-state index in [-0.39, 0.29) is 0 Å². The fraction of sp³-hybridized carbons (Fsp3) is 0.385. The molecule has 0 aromatic rings. The molecule has 11 nitrogen and oxygen atoms in total. The summed E-state index contributed by atoms with van der Waals surface area (Å²) in [6.45, 7) is -2.73. The van der Waals surface area contributed by atoms with Crippen molar-refractivity contribution in [1.82, 2.24) is 0 Å². The van der Waals surface area contributed by atoms with Gasteiger partial charge in [0.2, 0.25) is 0 Å². The van der Waals surface area contributed by atoms with Crippen LogP contribution in [0.1, 0.15) is 0 Å². The summed E-state index contributed by atoms with van der Waals surface area (Å²) < 4.78 is 17.3. The van der Waals surface area contributed by atoms with Crippen LogP contribution in [0.15, 0.2) is 24.3 Å². The number of rotatable bonds is 10. The highest BCUT2D eigenvalue weighted by molar-refractivity contribution is 5.92. The number of carbonyl (C=O) groups is 4. The Morgan fingerprint density at radius 2 is 0.958 bits per heavy atom. The summed E-state index contributed by atoms with van der Waals surface area (Å²) in [5.41, 5.74) is 0. The molecule has 0 rings (SSSR count). The Bertz CT molecular complexity index is 450. The molecule has 0 bridgehead atoms. The molecule has 0 saturated carbocycles. The predicted octanol–water partition coefficient (Wildman–Crippen LogP) is -2.47. The number of hydrogen-bond donors (Lipinski definition) is 3. The highest BCUT2D eigenvalue weighted by atomic mass is 16.6. The van der Waals surface area contributed by atoms with Crippen molar-refractivity contribution in [3.8, 4) is 0 Å². The summed E-state index contributed by atoms with van der Waals surface area (Å²) >= 11 is 0. The van der Waals surface area contributed by atoms with Gasteiger partial charge in [-0.2, -0.15) is 0 Å². The van der Waals surface area contributed by atoms with Crippen LogP contribution >= 0.6 is 0 Å². The van der Waals surface area contributed by atoms with Crippen LogP contribution in [0.3, 0.4) is 0 Å². The van der Waals surface area contributed by atoms with Gasteiger partial charge in [-0.15, -0.1) is 0 Å². The third kappa shape index (κ3) is 11.9.